The molecule has 0 atom stereocenters. The minimum Gasteiger partial charge on any atom is -0.296 e. The molecular weight excluding hydrogens is 182 g/mol. The summed E-state index contributed by atoms with van der Waals surface area (Å²) in [4.78, 5) is 1.51. The molecule has 0 unspecified atom stereocenters. The topological polar surface area (TPSA) is 3.24 Å². The molecule has 0 amide bonds. The molecule has 0 heterocycles. The van der Waals surface area contributed by atoms with Gasteiger partial charge in [-0.25, -0.2) is 0 Å². The van der Waals surface area contributed by atoms with Crippen molar-refractivity contribution in [1.29, 1.82) is 0 Å². The van der Waals surface area contributed by atoms with E-state index in [1.165, 1.54) is 4.90 Å². The monoisotopic (exact) mass is 191 g/mol. The van der Waals surface area contributed by atoms with Gasteiger partial charge in [0.05, 0.1) is 15.1 Å². The Labute approximate surface area is 77.7 Å². The highest BCUT2D eigenvalue weighted by molar-refractivity contribution is 7.86. The Morgan fingerprint density at radius 1 is 0.800 bits per heavy atom. The van der Waals surface area contributed by atoms with Gasteiger partial charge in [0.2, 0.25) is 0 Å². The Hall–Kier alpha value is 0.0700. The van der Waals surface area contributed by atoms with Crippen LogP contribution in [-0.2, 0) is 0 Å². The van der Waals surface area contributed by atoms with Gasteiger partial charge in [-0.2, -0.15) is 0 Å². The van der Waals surface area contributed by atoms with Gasteiger partial charge in [-0.1, -0.05) is 19.7 Å². The lowest BCUT2D eigenvalue weighted by Crippen LogP contribution is -2.11. The molecule has 0 saturated heterocycles. The van der Waals surface area contributed by atoms with E-state index >= 15 is 0 Å². The Balaban J connectivity index is 4.43. The van der Waals surface area contributed by atoms with Gasteiger partial charge in [-0.05, 0) is 0 Å². The normalized spacial score (nSPS) is 8.70. The van der Waals surface area contributed by atoms with E-state index in [0.29, 0.717) is 15.1 Å². The number of nitrogens with zero attached hydrogens (tertiary/aromatic N) is 1. The average Bonchev–Trinajstić information content (AvgIpc) is 1.59. The molecule has 0 aliphatic carbocycles. The average molecular weight is 191 g/mol. The summed E-state index contributed by atoms with van der Waals surface area (Å²) in [6.07, 6.45) is 0. The fourth-order valence-corrected chi connectivity index (χ4v) is 1.41. The van der Waals surface area contributed by atoms with Gasteiger partial charge >= 0.3 is 0 Å². The van der Waals surface area contributed by atoms with Crippen molar-refractivity contribution in [3.8, 4) is 0 Å². The molecule has 0 saturated carbocycles. The predicted octanol–water partition coefficient (Wildman–Crippen LogP) is 2.49. The summed E-state index contributed by atoms with van der Waals surface area (Å²) >= 11 is 12.0. The van der Waals surface area contributed by atoms with Gasteiger partial charge in [-0.3, -0.25) is 4.90 Å². The molecule has 0 aliphatic rings. The highest BCUT2D eigenvalue weighted by Crippen LogP contribution is 2.22. The molecule has 0 fully saturated rings. The van der Waals surface area contributed by atoms with E-state index in [9.17, 15) is 0 Å². The lowest BCUT2D eigenvalue weighted by atomic mass is 10.7. The Kier molecular flexibility index (Phi) is 4.08. The van der Waals surface area contributed by atoms with E-state index in [2.05, 4.69) is 57.6 Å². The van der Waals surface area contributed by atoms with Crippen LogP contribution >= 0.6 is 37.9 Å². The third-order valence-corrected chi connectivity index (χ3v) is 1.37. The summed E-state index contributed by atoms with van der Waals surface area (Å²) in [5.41, 5.74) is 0. The van der Waals surface area contributed by atoms with Crippen LogP contribution in [0.3, 0.4) is 0 Å². The van der Waals surface area contributed by atoms with Crippen molar-refractivity contribution in [3.05, 3.63) is 34.8 Å². The van der Waals surface area contributed by atoms with Crippen molar-refractivity contribution < 1.29 is 0 Å². The molecule has 0 N–H and O–H groups in total. The second-order valence-corrected chi connectivity index (χ2v) is 3.13. The molecule has 1 nitrogen and oxygen atoms in total. The quantitative estimate of drug-likeness (QED) is 0.578. The van der Waals surface area contributed by atoms with E-state index in [-0.39, 0.29) is 0 Å². The van der Waals surface area contributed by atoms with Crippen molar-refractivity contribution in [2.24, 2.45) is 0 Å². The maximum absolute atomic E-state index is 3.98. The minimum absolute atomic E-state index is 0.500. The van der Waals surface area contributed by atoms with E-state index in [1.54, 1.807) is 0 Å². The zero-order chi connectivity index (χ0) is 8.31. The van der Waals surface area contributed by atoms with Gasteiger partial charge in [0.1, 0.15) is 0 Å². The maximum atomic E-state index is 3.98. The third-order valence-electron chi connectivity index (χ3n) is 0.774. The molecule has 0 aromatic rings. The Morgan fingerprint density at radius 3 is 1.00 bits per heavy atom. The van der Waals surface area contributed by atoms with Crippen molar-refractivity contribution in [3.63, 3.8) is 0 Å². The molecule has 0 rings (SSSR count). The summed E-state index contributed by atoms with van der Waals surface area (Å²) in [7, 11) is 0. The van der Waals surface area contributed by atoms with Crippen LogP contribution in [0.1, 0.15) is 0 Å². The highest BCUT2D eigenvalue weighted by atomic mass is 32.1. The number of rotatable bonds is 3. The smallest absolute Gasteiger partial charge is 0.0703 e. The van der Waals surface area contributed by atoms with Crippen LogP contribution in [0.4, 0.5) is 0 Å². The summed E-state index contributed by atoms with van der Waals surface area (Å²) in [6, 6.07) is 0. The van der Waals surface area contributed by atoms with Crippen LogP contribution in [0.15, 0.2) is 34.8 Å². The molecule has 0 aromatic heterocycles. The first-order valence-electron chi connectivity index (χ1n) is 2.40. The van der Waals surface area contributed by atoms with E-state index < -0.39 is 0 Å². The van der Waals surface area contributed by atoms with Gasteiger partial charge in [0.15, 0.2) is 0 Å². The van der Waals surface area contributed by atoms with E-state index in [1.807, 2.05) is 0 Å². The first-order valence-corrected chi connectivity index (χ1v) is 3.74. The fraction of sp³-hybridized carbons (Fsp3) is 0. The molecule has 4 heteroatoms. The first-order chi connectivity index (χ1) is 4.46. The molecule has 0 bridgehead atoms. The second-order valence-electron chi connectivity index (χ2n) is 1.58. The molecule has 0 spiro atoms. The van der Waals surface area contributed by atoms with Gasteiger partial charge in [0, 0.05) is 0 Å². The molecular formula is C6H9NS3. The summed E-state index contributed by atoms with van der Waals surface area (Å²) in [5.74, 6) is 0. The van der Waals surface area contributed by atoms with Gasteiger partial charge in [-0.15, -0.1) is 37.9 Å². The van der Waals surface area contributed by atoms with Gasteiger partial charge < -0.3 is 0 Å². The van der Waals surface area contributed by atoms with Crippen LogP contribution < -0.4 is 0 Å². The largest absolute Gasteiger partial charge is 0.296 e. The highest BCUT2D eigenvalue weighted by Gasteiger charge is 2.05. The van der Waals surface area contributed by atoms with Crippen LogP contribution in [-0.4, -0.2) is 4.90 Å². The Bertz CT molecular complexity index is 152. The van der Waals surface area contributed by atoms with Crippen molar-refractivity contribution >= 4 is 37.9 Å². The van der Waals surface area contributed by atoms with E-state index in [0.717, 1.165) is 0 Å². The molecule has 10 heavy (non-hydrogen) atoms. The molecule has 0 aliphatic heterocycles. The van der Waals surface area contributed by atoms with E-state index in [4.69, 9.17) is 0 Å². The molecule has 0 aromatic carbocycles. The van der Waals surface area contributed by atoms with Crippen molar-refractivity contribution in [2.45, 2.75) is 0 Å². The van der Waals surface area contributed by atoms with Gasteiger partial charge in [0.25, 0.3) is 0 Å². The number of hydrogen-bond acceptors (Lipinski definition) is 4. The summed E-state index contributed by atoms with van der Waals surface area (Å²) < 4.78 is 0. The standard InChI is InChI=1S/C6H9NS3/c1-4(8)7(5(2)9)6(3)10/h8-10H,1-3H2. The van der Waals surface area contributed by atoms with Crippen LogP contribution in [0, 0.1) is 0 Å². The maximum Gasteiger partial charge on any atom is 0.0703 e. The fourth-order valence-electron chi connectivity index (χ4n) is 0.447. The number of thiol groups is 3. The zero-order valence-corrected chi connectivity index (χ0v) is 8.09. The number of hydrogen-bond donors (Lipinski definition) is 3. The summed E-state index contributed by atoms with van der Waals surface area (Å²) in [5, 5.41) is 1.50. The minimum atomic E-state index is 0.500. The second kappa shape index (κ2) is 4.05. The molecule has 0 radical (unpaired) electrons. The van der Waals surface area contributed by atoms with Crippen molar-refractivity contribution in [1.82, 2.24) is 4.90 Å². The lowest BCUT2D eigenvalue weighted by Gasteiger charge is -2.21. The van der Waals surface area contributed by atoms with Crippen LogP contribution in [0.25, 0.3) is 0 Å². The SMILES string of the molecule is C=C(S)N(C(=C)S)C(=C)S. The van der Waals surface area contributed by atoms with Crippen LogP contribution in [0.5, 0.6) is 0 Å². The molecule has 56 valence electrons. The van der Waals surface area contributed by atoms with Crippen molar-refractivity contribution in [2.75, 3.05) is 0 Å². The Morgan fingerprint density at radius 2 is 1.00 bits per heavy atom. The predicted molar refractivity (Wildman–Crippen MR) is 56.2 cm³/mol. The summed E-state index contributed by atoms with van der Waals surface area (Å²) in [6.45, 7) is 10.7. The lowest BCUT2D eigenvalue weighted by molar-refractivity contribution is 0.657. The van der Waals surface area contributed by atoms with Crippen LogP contribution in [0.2, 0.25) is 0 Å². The third kappa shape index (κ3) is 2.77. The zero-order valence-electron chi connectivity index (χ0n) is 5.41. The first kappa shape index (κ1) is 10.1.